The number of benzene rings is 3. The zero-order valence-corrected chi connectivity index (χ0v) is 20.1. The number of nitrogens with zero attached hydrogens (tertiary/aromatic N) is 2. The lowest BCUT2D eigenvalue weighted by atomic mass is 9.96. The van der Waals surface area contributed by atoms with Crippen LogP contribution < -0.4 is 0 Å². The summed E-state index contributed by atoms with van der Waals surface area (Å²) < 4.78 is 33.3. The summed E-state index contributed by atoms with van der Waals surface area (Å²) in [6, 6.07) is 21.7. The van der Waals surface area contributed by atoms with Gasteiger partial charge in [0.15, 0.2) is 0 Å². The number of ether oxygens (including phenoxy) is 1. The lowest BCUT2D eigenvalue weighted by Gasteiger charge is -2.42. The molecule has 0 radical (unpaired) electrons. The van der Waals surface area contributed by atoms with Crippen molar-refractivity contribution < 1.29 is 22.7 Å². The van der Waals surface area contributed by atoms with Crippen LogP contribution in [0.15, 0.2) is 102 Å². The van der Waals surface area contributed by atoms with Gasteiger partial charge in [0.2, 0.25) is 0 Å². The molecule has 0 aromatic heterocycles. The van der Waals surface area contributed by atoms with E-state index in [-0.39, 0.29) is 17.9 Å². The molecule has 35 heavy (non-hydrogen) atoms. The monoisotopic (exact) mass is 490 g/mol. The van der Waals surface area contributed by atoms with Gasteiger partial charge in [-0.2, -0.15) is 0 Å². The van der Waals surface area contributed by atoms with Crippen molar-refractivity contribution in [2.75, 3.05) is 0 Å². The summed E-state index contributed by atoms with van der Waals surface area (Å²) in [4.78, 5) is 27.8. The number of urea groups is 1. The minimum atomic E-state index is -4.27. The summed E-state index contributed by atoms with van der Waals surface area (Å²) in [5.41, 5.74) is 2.32. The number of rotatable bonds is 6. The SMILES string of the molecule is C=C[C@@H]1C[C@H](c2ccccc2)N(C(=O)OCc2ccccc2)C(=O)N1S(=O)(=O)c1ccc(C)cc1. The van der Waals surface area contributed by atoms with E-state index in [0.29, 0.717) is 5.56 Å². The number of amides is 3. The Kier molecular flexibility index (Phi) is 7.02. The van der Waals surface area contributed by atoms with Crippen molar-refractivity contribution in [3.8, 4) is 0 Å². The first-order chi connectivity index (χ1) is 16.8. The summed E-state index contributed by atoms with van der Waals surface area (Å²) >= 11 is 0. The molecule has 1 aliphatic heterocycles. The molecule has 180 valence electrons. The van der Waals surface area contributed by atoms with Crippen molar-refractivity contribution in [1.82, 2.24) is 9.21 Å². The second-order valence-corrected chi connectivity index (χ2v) is 10.1. The maximum absolute atomic E-state index is 13.7. The van der Waals surface area contributed by atoms with Gasteiger partial charge in [-0.1, -0.05) is 84.4 Å². The number of hydrogen-bond acceptors (Lipinski definition) is 5. The fraction of sp³-hybridized carbons (Fsp3) is 0.185. The van der Waals surface area contributed by atoms with Gasteiger partial charge in [0, 0.05) is 0 Å². The molecule has 0 unspecified atom stereocenters. The molecule has 0 N–H and O–H groups in total. The topological polar surface area (TPSA) is 84.0 Å². The average Bonchev–Trinajstić information content (AvgIpc) is 2.87. The zero-order valence-electron chi connectivity index (χ0n) is 19.3. The third kappa shape index (κ3) is 4.97. The second-order valence-electron chi connectivity index (χ2n) is 8.27. The number of aryl methyl sites for hydroxylation is 1. The lowest BCUT2D eigenvalue weighted by molar-refractivity contribution is 0.0686. The first-order valence-electron chi connectivity index (χ1n) is 11.2. The molecule has 1 fully saturated rings. The summed E-state index contributed by atoms with van der Waals surface area (Å²) in [6.45, 7) is 5.55. The molecular weight excluding hydrogens is 464 g/mol. The fourth-order valence-corrected chi connectivity index (χ4v) is 5.59. The second kappa shape index (κ2) is 10.1. The molecule has 1 saturated heterocycles. The predicted molar refractivity (Wildman–Crippen MR) is 132 cm³/mol. The van der Waals surface area contributed by atoms with Gasteiger partial charge in [-0.05, 0) is 36.6 Å². The Bertz CT molecular complexity index is 1310. The van der Waals surface area contributed by atoms with Crippen LogP contribution in [0.5, 0.6) is 0 Å². The number of imide groups is 1. The predicted octanol–water partition coefficient (Wildman–Crippen LogP) is 5.44. The minimum absolute atomic E-state index is 0.0425. The third-order valence-electron chi connectivity index (χ3n) is 5.91. The standard InChI is InChI=1S/C27H26N2O5S/c1-3-23-18-25(22-12-8-5-9-13-22)28(27(31)34-19-21-10-6-4-7-11-21)26(30)29(23)35(32,33)24-16-14-20(2)15-17-24/h3-17,23,25H,1,18-19H2,2H3/t23-,25-/m1/s1. The van der Waals surface area contributed by atoms with E-state index in [1.807, 2.05) is 31.2 Å². The van der Waals surface area contributed by atoms with E-state index in [1.54, 1.807) is 48.5 Å². The van der Waals surface area contributed by atoms with E-state index in [1.165, 1.54) is 18.2 Å². The van der Waals surface area contributed by atoms with Gasteiger partial charge in [0.1, 0.15) is 6.61 Å². The fourth-order valence-electron chi connectivity index (χ4n) is 4.06. The van der Waals surface area contributed by atoms with Crippen LogP contribution in [0.3, 0.4) is 0 Å². The van der Waals surface area contributed by atoms with Gasteiger partial charge < -0.3 is 4.74 Å². The molecule has 3 aromatic rings. The Morgan fingerprint density at radius 2 is 1.60 bits per heavy atom. The van der Waals surface area contributed by atoms with Crippen molar-refractivity contribution >= 4 is 22.1 Å². The van der Waals surface area contributed by atoms with Crippen molar-refractivity contribution in [2.45, 2.75) is 36.9 Å². The Morgan fingerprint density at radius 1 is 1.00 bits per heavy atom. The summed E-state index contributed by atoms with van der Waals surface area (Å²) in [5.74, 6) is 0. The van der Waals surface area contributed by atoms with Gasteiger partial charge >= 0.3 is 12.1 Å². The molecule has 3 aromatic carbocycles. The molecule has 1 aliphatic rings. The third-order valence-corrected chi connectivity index (χ3v) is 7.72. The first-order valence-corrected chi connectivity index (χ1v) is 12.6. The lowest BCUT2D eigenvalue weighted by Crippen LogP contribution is -2.58. The highest BCUT2D eigenvalue weighted by molar-refractivity contribution is 7.89. The summed E-state index contributed by atoms with van der Waals surface area (Å²) in [5, 5.41) is 0. The average molecular weight is 491 g/mol. The number of hydrogen-bond donors (Lipinski definition) is 0. The van der Waals surface area contributed by atoms with Gasteiger partial charge in [0.05, 0.1) is 17.0 Å². The van der Waals surface area contributed by atoms with E-state index >= 15 is 0 Å². The molecule has 0 spiro atoms. The van der Waals surface area contributed by atoms with E-state index in [0.717, 1.165) is 20.3 Å². The van der Waals surface area contributed by atoms with Crippen molar-refractivity contribution in [2.24, 2.45) is 0 Å². The highest BCUT2D eigenvalue weighted by atomic mass is 32.2. The van der Waals surface area contributed by atoms with Crippen LogP contribution in [0.4, 0.5) is 9.59 Å². The highest BCUT2D eigenvalue weighted by Gasteiger charge is 2.48. The van der Waals surface area contributed by atoms with Crippen LogP contribution >= 0.6 is 0 Å². The molecule has 8 heteroatoms. The summed E-state index contributed by atoms with van der Waals surface area (Å²) in [7, 11) is -4.27. The Labute approximate surface area is 205 Å². The highest BCUT2D eigenvalue weighted by Crippen LogP contribution is 2.37. The molecule has 0 aliphatic carbocycles. The van der Waals surface area contributed by atoms with Crippen molar-refractivity contribution in [1.29, 1.82) is 0 Å². The van der Waals surface area contributed by atoms with Crippen LogP contribution in [0.25, 0.3) is 0 Å². The van der Waals surface area contributed by atoms with E-state index in [2.05, 4.69) is 6.58 Å². The van der Waals surface area contributed by atoms with Crippen molar-refractivity contribution in [3.63, 3.8) is 0 Å². The molecule has 2 atom stereocenters. The van der Waals surface area contributed by atoms with Gasteiger partial charge in [-0.3, -0.25) is 0 Å². The summed E-state index contributed by atoms with van der Waals surface area (Å²) in [6.07, 6.45) is 0.649. The molecule has 0 bridgehead atoms. The van der Waals surface area contributed by atoms with E-state index in [9.17, 15) is 18.0 Å². The van der Waals surface area contributed by atoms with E-state index in [4.69, 9.17) is 4.74 Å². The van der Waals surface area contributed by atoms with Gasteiger partial charge in [-0.15, -0.1) is 6.58 Å². The molecular formula is C27H26N2O5S. The molecule has 1 heterocycles. The maximum Gasteiger partial charge on any atom is 0.418 e. The van der Waals surface area contributed by atoms with Gasteiger partial charge in [-0.25, -0.2) is 27.2 Å². The van der Waals surface area contributed by atoms with E-state index < -0.39 is 34.2 Å². The molecule has 4 rings (SSSR count). The quantitative estimate of drug-likeness (QED) is 0.430. The zero-order chi connectivity index (χ0) is 25.0. The van der Waals surface area contributed by atoms with Crippen LogP contribution in [-0.4, -0.2) is 35.8 Å². The van der Waals surface area contributed by atoms with Gasteiger partial charge in [0.25, 0.3) is 10.0 Å². The molecule has 7 nitrogen and oxygen atoms in total. The number of carbonyl (C=O) groups excluding carboxylic acids is 2. The van der Waals surface area contributed by atoms with Crippen LogP contribution in [-0.2, 0) is 21.4 Å². The molecule has 3 amide bonds. The Hall–Kier alpha value is -3.91. The first kappa shape index (κ1) is 24.2. The normalized spacial score (nSPS) is 18.3. The van der Waals surface area contributed by atoms with Crippen LogP contribution in [0.2, 0.25) is 0 Å². The Morgan fingerprint density at radius 3 is 2.20 bits per heavy atom. The minimum Gasteiger partial charge on any atom is -0.444 e. The van der Waals surface area contributed by atoms with Crippen LogP contribution in [0.1, 0.15) is 29.2 Å². The number of sulfonamides is 1. The largest absolute Gasteiger partial charge is 0.444 e. The molecule has 0 saturated carbocycles. The maximum atomic E-state index is 13.7. The Balaban J connectivity index is 1.72. The number of carbonyl (C=O) groups is 2. The van der Waals surface area contributed by atoms with Crippen LogP contribution in [0, 0.1) is 6.92 Å². The smallest absolute Gasteiger partial charge is 0.418 e. The van der Waals surface area contributed by atoms with Crippen molar-refractivity contribution in [3.05, 3.63) is 114 Å².